The molecule has 1 saturated heterocycles. The van der Waals surface area contributed by atoms with Gasteiger partial charge in [-0.05, 0) is 96.8 Å². The Morgan fingerprint density at radius 2 is 1.75 bits per heavy atom. The van der Waals surface area contributed by atoms with Crippen LogP contribution in [0.4, 0.5) is 0 Å². The molecule has 11 atom stereocenters. The molecule has 12 heteroatoms. The zero-order valence-corrected chi connectivity index (χ0v) is 38.7. The minimum Gasteiger partial charge on any atom is -0.456 e. The van der Waals surface area contributed by atoms with E-state index in [1.807, 2.05) is 34.6 Å². The zero-order valence-electron chi connectivity index (χ0n) is 37.7. The molecule has 0 bridgehead atoms. The third-order valence-corrected chi connectivity index (χ3v) is 16.7. The molecular weight excluding hydrogens is 719 g/mol. The van der Waals surface area contributed by atoms with Gasteiger partial charge in [-0.1, -0.05) is 54.5 Å². The summed E-state index contributed by atoms with van der Waals surface area (Å²) in [4.78, 5) is 15.3. The standard InChI is InChI=1S/C43H79NO10Si/c1-20-22-49-26-32-23-33(44(15)16)29(5)39(50-32)51-37(30(6)36-31(7)38(46)53-41(11,12)52-36)43(14,48-17)25-28(4)35(45)27(3)24-42(13,47)34(21-2)54-55(18,19)40(8,9)10/h20,24,28-30,32-35,37,39,45,47H,1,21-23,25-26H2,2-19H3/b27-24+/t28-,29?,30+,32?,33?,34-,35?,37-,39+,42+,43-/m1/s1. The van der Waals surface area contributed by atoms with Gasteiger partial charge in [0.05, 0.1) is 48.8 Å². The third-order valence-electron chi connectivity index (χ3n) is 12.2. The first-order chi connectivity index (χ1) is 25.1. The number of aliphatic hydroxyl groups excluding tert-OH is 1. The van der Waals surface area contributed by atoms with Gasteiger partial charge < -0.3 is 48.0 Å². The van der Waals surface area contributed by atoms with Gasteiger partial charge >= 0.3 is 5.97 Å². The van der Waals surface area contributed by atoms with Gasteiger partial charge in [-0.3, -0.25) is 0 Å². The molecule has 11 nitrogen and oxygen atoms in total. The van der Waals surface area contributed by atoms with Gasteiger partial charge in [0.1, 0.15) is 11.4 Å². The normalized spacial score (nSPS) is 27.7. The van der Waals surface area contributed by atoms with Crippen molar-refractivity contribution >= 4 is 14.3 Å². The van der Waals surface area contributed by atoms with Crippen molar-refractivity contribution in [2.75, 3.05) is 34.4 Å². The highest BCUT2D eigenvalue weighted by Crippen LogP contribution is 2.43. The summed E-state index contributed by atoms with van der Waals surface area (Å²) >= 11 is 0. The molecule has 0 aliphatic carbocycles. The Morgan fingerprint density at radius 3 is 2.25 bits per heavy atom. The molecule has 4 unspecified atom stereocenters. The van der Waals surface area contributed by atoms with Crippen molar-refractivity contribution in [3.63, 3.8) is 0 Å². The van der Waals surface area contributed by atoms with E-state index >= 15 is 0 Å². The number of methoxy groups -OCH3 is 1. The number of ether oxygens (including phenoxy) is 6. The molecule has 0 amide bonds. The van der Waals surface area contributed by atoms with Crippen LogP contribution in [0.2, 0.25) is 18.1 Å². The van der Waals surface area contributed by atoms with Crippen LogP contribution < -0.4 is 0 Å². The fourth-order valence-electron chi connectivity index (χ4n) is 7.83. The third kappa shape index (κ3) is 12.7. The Hall–Kier alpha value is -1.61. The van der Waals surface area contributed by atoms with Crippen LogP contribution in [0, 0.1) is 17.8 Å². The topological polar surface area (TPSA) is 125 Å². The van der Waals surface area contributed by atoms with E-state index in [2.05, 4.69) is 66.4 Å². The highest BCUT2D eigenvalue weighted by Gasteiger charge is 2.50. The molecule has 0 radical (unpaired) electrons. The summed E-state index contributed by atoms with van der Waals surface area (Å²) in [5.41, 5.74) is -1.34. The van der Waals surface area contributed by atoms with Gasteiger partial charge in [0.2, 0.25) is 5.79 Å². The highest BCUT2D eigenvalue weighted by molar-refractivity contribution is 6.74. The average Bonchev–Trinajstić information content (AvgIpc) is 3.06. The number of rotatable bonds is 20. The fourth-order valence-corrected chi connectivity index (χ4v) is 9.30. The maximum atomic E-state index is 13.1. The lowest BCUT2D eigenvalue weighted by molar-refractivity contribution is -0.291. The molecule has 0 aromatic rings. The lowest BCUT2D eigenvalue weighted by atomic mass is 9.78. The second kappa shape index (κ2) is 19.4. The van der Waals surface area contributed by atoms with Crippen molar-refractivity contribution in [1.82, 2.24) is 4.90 Å². The molecule has 320 valence electrons. The Morgan fingerprint density at radius 1 is 1.15 bits per heavy atom. The van der Waals surface area contributed by atoms with Crippen LogP contribution in [0.3, 0.4) is 0 Å². The number of hydrogen-bond donors (Lipinski definition) is 2. The van der Waals surface area contributed by atoms with Crippen LogP contribution >= 0.6 is 0 Å². The van der Waals surface area contributed by atoms with Crippen molar-refractivity contribution in [2.45, 2.75) is 181 Å². The van der Waals surface area contributed by atoms with Gasteiger partial charge in [-0.25, -0.2) is 4.79 Å². The first-order valence-corrected chi connectivity index (χ1v) is 23.1. The number of carbonyl (C=O) groups excluding carboxylic acids is 1. The molecule has 2 rings (SSSR count). The average molecular weight is 798 g/mol. The van der Waals surface area contributed by atoms with Crippen LogP contribution in [0.5, 0.6) is 0 Å². The van der Waals surface area contributed by atoms with E-state index < -0.39 is 61.8 Å². The minimum absolute atomic E-state index is 0.0228. The number of cyclic esters (lactones) is 1. The molecule has 2 aliphatic heterocycles. The van der Waals surface area contributed by atoms with E-state index in [-0.39, 0.29) is 29.0 Å². The van der Waals surface area contributed by atoms with Crippen molar-refractivity contribution in [3.8, 4) is 0 Å². The lowest BCUT2D eigenvalue weighted by Gasteiger charge is -2.48. The van der Waals surface area contributed by atoms with Crippen molar-refractivity contribution in [1.29, 1.82) is 0 Å². The molecule has 55 heavy (non-hydrogen) atoms. The van der Waals surface area contributed by atoms with E-state index in [0.29, 0.717) is 43.0 Å². The molecule has 0 saturated carbocycles. The van der Waals surface area contributed by atoms with Crippen LogP contribution in [-0.4, -0.2) is 118 Å². The van der Waals surface area contributed by atoms with Crippen molar-refractivity contribution in [3.05, 3.63) is 35.6 Å². The molecule has 0 aromatic carbocycles. The second-order valence-corrected chi connectivity index (χ2v) is 23.6. The van der Waals surface area contributed by atoms with Crippen LogP contribution in [-0.2, 0) is 37.6 Å². The Kier molecular flexibility index (Phi) is 17.5. The van der Waals surface area contributed by atoms with E-state index in [1.54, 1.807) is 47.0 Å². The lowest BCUT2D eigenvalue weighted by Crippen LogP contribution is -2.57. The van der Waals surface area contributed by atoms with Gasteiger partial charge in [0.25, 0.3) is 0 Å². The predicted molar refractivity (Wildman–Crippen MR) is 221 cm³/mol. The van der Waals surface area contributed by atoms with Gasteiger partial charge in [-0.15, -0.1) is 6.58 Å². The number of hydrogen-bond acceptors (Lipinski definition) is 11. The maximum Gasteiger partial charge on any atom is 0.340 e. The first kappa shape index (κ1) is 49.5. The summed E-state index contributed by atoms with van der Waals surface area (Å²) in [6, 6.07) is 0.135. The van der Waals surface area contributed by atoms with Gasteiger partial charge in [0, 0.05) is 38.8 Å². The van der Waals surface area contributed by atoms with Crippen LogP contribution in [0.25, 0.3) is 0 Å². The van der Waals surface area contributed by atoms with E-state index in [4.69, 9.17) is 32.8 Å². The summed E-state index contributed by atoms with van der Waals surface area (Å²) in [5, 5.41) is 23.7. The summed E-state index contributed by atoms with van der Waals surface area (Å²) in [5.74, 6) is -2.06. The molecular formula is C43H79NO10Si. The zero-order chi connectivity index (χ0) is 42.5. The predicted octanol–water partition coefficient (Wildman–Crippen LogP) is 7.77. The smallest absolute Gasteiger partial charge is 0.340 e. The monoisotopic (exact) mass is 798 g/mol. The van der Waals surface area contributed by atoms with Gasteiger partial charge in [-0.2, -0.15) is 0 Å². The molecule has 2 aliphatic rings. The number of carbonyl (C=O) groups is 1. The molecule has 2 heterocycles. The van der Waals surface area contributed by atoms with E-state index in [9.17, 15) is 15.0 Å². The van der Waals surface area contributed by atoms with E-state index in [1.165, 1.54) is 0 Å². The summed E-state index contributed by atoms with van der Waals surface area (Å²) < 4.78 is 44.6. The molecule has 0 spiro atoms. The quantitative estimate of drug-likeness (QED) is 0.0544. The maximum absolute atomic E-state index is 13.1. The minimum atomic E-state index is -2.19. The fraction of sp³-hybridized carbons (Fsp3) is 0.837. The van der Waals surface area contributed by atoms with Gasteiger partial charge in [0.15, 0.2) is 14.6 Å². The highest BCUT2D eigenvalue weighted by atomic mass is 28.4. The number of esters is 1. The SMILES string of the molecule is C=CCOCC1CC(N(C)C)C(C)[C@H](O[C@H]([C@@H](C)C2=C(C)C(=O)OC(C)(C)O2)[C@@](C)(C[C@@H](C)C(O)/C(C)=C/[C@](C)(O)[C@@H](CC)O[Si](C)(C)C(C)(C)C)OC)O1. The largest absolute Gasteiger partial charge is 0.456 e. The molecule has 2 N–H and O–H groups in total. The second-order valence-electron chi connectivity index (χ2n) is 18.8. The van der Waals surface area contributed by atoms with Crippen LogP contribution in [0.1, 0.15) is 109 Å². The summed E-state index contributed by atoms with van der Waals surface area (Å²) in [6.45, 7) is 34.2. The van der Waals surface area contributed by atoms with Crippen LogP contribution in [0.15, 0.2) is 35.6 Å². The Balaban J connectivity index is 2.57. The summed E-state index contributed by atoms with van der Waals surface area (Å²) in [7, 11) is 3.56. The Labute approximate surface area is 335 Å². The number of nitrogens with zero attached hydrogens (tertiary/aromatic N) is 1. The van der Waals surface area contributed by atoms with Crippen molar-refractivity contribution in [2.24, 2.45) is 17.8 Å². The summed E-state index contributed by atoms with van der Waals surface area (Å²) in [6.07, 6.45) is 2.25. The van der Waals surface area contributed by atoms with E-state index in [0.717, 1.165) is 6.42 Å². The molecule has 1 fully saturated rings. The number of aliphatic hydroxyl groups is 2. The first-order valence-electron chi connectivity index (χ1n) is 20.2. The Bertz CT molecular complexity index is 1340. The molecule has 0 aromatic heterocycles. The van der Waals surface area contributed by atoms with Crippen molar-refractivity contribution < 1.29 is 47.9 Å².